The largest absolute Gasteiger partial charge is 0.388 e. The van der Waals surface area contributed by atoms with E-state index in [1.165, 1.54) is 17.4 Å². The van der Waals surface area contributed by atoms with E-state index < -0.39 is 16.4 Å². The standard InChI is InChI=1S/C15H14O4S2/c16-10-14(17)8-7-12-3-5-13(6-4-12)11-21(18,19)15-2-1-9-20-15/h1-9,16H,10-11H2/b8-7+. The van der Waals surface area contributed by atoms with Crippen molar-refractivity contribution in [2.75, 3.05) is 6.61 Å². The smallest absolute Gasteiger partial charge is 0.191 e. The van der Waals surface area contributed by atoms with Crippen LogP contribution in [0, 0.1) is 0 Å². The van der Waals surface area contributed by atoms with Crippen molar-refractivity contribution in [3.8, 4) is 0 Å². The molecule has 2 rings (SSSR count). The molecule has 0 atom stereocenters. The van der Waals surface area contributed by atoms with Gasteiger partial charge in [0.25, 0.3) is 0 Å². The van der Waals surface area contributed by atoms with Crippen molar-refractivity contribution < 1.29 is 18.3 Å². The summed E-state index contributed by atoms with van der Waals surface area (Å²) in [6.07, 6.45) is 2.87. The number of aliphatic hydroxyl groups is 1. The highest BCUT2D eigenvalue weighted by atomic mass is 32.2. The van der Waals surface area contributed by atoms with E-state index in [1.807, 2.05) is 0 Å². The van der Waals surface area contributed by atoms with Gasteiger partial charge in [-0.1, -0.05) is 36.4 Å². The molecule has 0 aliphatic rings. The highest BCUT2D eigenvalue weighted by Crippen LogP contribution is 2.21. The van der Waals surface area contributed by atoms with Crippen molar-refractivity contribution in [3.05, 3.63) is 59.0 Å². The lowest BCUT2D eigenvalue weighted by molar-refractivity contribution is -0.117. The Morgan fingerprint density at radius 2 is 1.90 bits per heavy atom. The first-order valence-electron chi connectivity index (χ1n) is 6.18. The van der Waals surface area contributed by atoms with Gasteiger partial charge in [0.15, 0.2) is 15.6 Å². The highest BCUT2D eigenvalue weighted by Gasteiger charge is 2.15. The second-order valence-corrected chi connectivity index (χ2v) is 7.55. The molecule has 1 N–H and O–H groups in total. The summed E-state index contributed by atoms with van der Waals surface area (Å²) in [5, 5.41) is 10.3. The monoisotopic (exact) mass is 322 g/mol. The van der Waals surface area contributed by atoms with Gasteiger partial charge in [-0.2, -0.15) is 0 Å². The molecule has 0 bridgehead atoms. The van der Waals surface area contributed by atoms with Crippen LogP contribution in [-0.2, 0) is 20.4 Å². The van der Waals surface area contributed by atoms with Crippen LogP contribution < -0.4 is 0 Å². The van der Waals surface area contributed by atoms with Crippen LogP contribution >= 0.6 is 11.3 Å². The third kappa shape index (κ3) is 4.35. The molecule has 0 saturated carbocycles. The summed E-state index contributed by atoms with van der Waals surface area (Å²) < 4.78 is 24.6. The molecule has 0 saturated heterocycles. The quantitative estimate of drug-likeness (QED) is 0.828. The molecule has 6 heteroatoms. The molecular formula is C15H14O4S2. The third-order valence-corrected chi connectivity index (χ3v) is 5.93. The topological polar surface area (TPSA) is 71.4 Å². The Hall–Kier alpha value is -1.76. The molecule has 110 valence electrons. The first-order valence-corrected chi connectivity index (χ1v) is 8.71. The van der Waals surface area contributed by atoms with Gasteiger partial charge in [0.05, 0.1) is 5.75 Å². The van der Waals surface area contributed by atoms with Gasteiger partial charge in [-0.15, -0.1) is 11.3 Å². The number of rotatable bonds is 6. The Morgan fingerprint density at radius 3 is 2.48 bits per heavy atom. The van der Waals surface area contributed by atoms with Crippen LogP contribution in [0.15, 0.2) is 52.1 Å². The van der Waals surface area contributed by atoms with Crippen molar-refractivity contribution in [3.63, 3.8) is 0 Å². The molecule has 0 unspecified atom stereocenters. The first-order chi connectivity index (χ1) is 10.0. The van der Waals surface area contributed by atoms with Crippen LogP contribution in [0.2, 0.25) is 0 Å². The van der Waals surface area contributed by atoms with Crippen molar-refractivity contribution in [1.82, 2.24) is 0 Å². The maximum atomic E-state index is 12.1. The number of carbonyl (C=O) groups excluding carboxylic acids is 1. The minimum atomic E-state index is -3.30. The van der Waals surface area contributed by atoms with Gasteiger partial charge in [0, 0.05) is 0 Å². The molecule has 0 aliphatic heterocycles. The summed E-state index contributed by atoms with van der Waals surface area (Å²) in [5.74, 6) is -0.424. The normalized spacial score (nSPS) is 11.9. The SMILES string of the molecule is O=C(/C=C/c1ccc(CS(=O)(=O)c2cccs2)cc1)CO. The van der Waals surface area contributed by atoms with E-state index in [-0.39, 0.29) is 11.5 Å². The van der Waals surface area contributed by atoms with E-state index in [0.29, 0.717) is 9.77 Å². The Morgan fingerprint density at radius 1 is 1.19 bits per heavy atom. The average Bonchev–Trinajstić information content (AvgIpc) is 3.01. The number of ketones is 1. The summed E-state index contributed by atoms with van der Waals surface area (Å²) in [7, 11) is -3.30. The fourth-order valence-corrected chi connectivity index (χ4v) is 4.14. The number of sulfone groups is 1. The second-order valence-electron chi connectivity index (χ2n) is 4.39. The van der Waals surface area contributed by atoms with Crippen molar-refractivity contribution >= 4 is 33.0 Å². The van der Waals surface area contributed by atoms with E-state index >= 15 is 0 Å². The molecule has 4 nitrogen and oxygen atoms in total. The average molecular weight is 322 g/mol. The number of benzene rings is 1. The molecule has 1 heterocycles. The molecule has 0 fully saturated rings. The predicted octanol–water partition coefficient (Wildman–Crippen LogP) is 2.30. The molecular weight excluding hydrogens is 308 g/mol. The Labute approximate surface area is 127 Å². The summed E-state index contributed by atoms with van der Waals surface area (Å²) >= 11 is 1.21. The lowest BCUT2D eigenvalue weighted by atomic mass is 10.1. The van der Waals surface area contributed by atoms with Crippen molar-refractivity contribution in [2.24, 2.45) is 0 Å². The van der Waals surface area contributed by atoms with Crippen LogP contribution in [0.3, 0.4) is 0 Å². The van der Waals surface area contributed by atoms with Gasteiger partial charge in [0.1, 0.15) is 10.8 Å². The Kier molecular flexibility index (Phi) is 5.06. The van der Waals surface area contributed by atoms with E-state index in [1.54, 1.807) is 47.9 Å². The molecule has 0 amide bonds. The minimum absolute atomic E-state index is 0.0485. The van der Waals surface area contributed by atoms with Crippen LogP contribution in [-0.4, -0.2) is 25.9 Å². The first kappa shape index (κ1) is 15.6. The van der Waals surface area contributed by atoms with E-state index in [2.05, 4.69) is 0 Å². The van der Waals surface area contributed by atoms with E-state index in [9.17, 15) is 13.2 Å². The van der Waals surface area contributed by atoms with Crippen molar-refractivity contribution in [1.29, 1.82) is 0 Å². The summed E-state index contributed by atoms with van der Waals surface area (Å²) in [6.45, 7) is -0.520. The molecule has 1 aromatic carbocycles. The summed E-state index contributed by atoms with van der Waals surface area (Å²) in [6, 6.07) is 10.2. The zero-order chi connectivity index (χ0) is 15.3. The number of thiophene rings is 1. The van der Waals surface area contributed by atoms with Gasteiger partial charge < -0.3 is 5.11 Å². The van der Waals surface area contributed by atoms with Crippen LogP contribution in [0.25, 0.3) is 6.08 Å². The Balaban J connectivity index is 2.10. The molecule has 2 aromatic rings. The maximum absolute atomic E-state index is 12.1. The van der Waals surface area contributed by atoms with Gasteiger partial charge in [-0.05, 0) is 28.6 Å². The lowest BCUT2D eigenvalue weighted by Crippen LogP contribution is -2.02. The third-order valence-electron chi connectivity index (χ3n) is 2.76. The lowest BCUT2D eigenvalue weighted by Gasteiger charge is -2.03. The zero-order valence-corrected chi connectivity index (χ0v) is 12.7. The summed E-state index contributed by atoms with van der Waals surface area (Å²) in [4.78, 5) is 11.0. The second kappa shape index (κ2) is 6.80. The fraction of sp³-hybridized carbons (Fsp3) is 0.133. The van der Waals surface area contributed by atoms with E-state index in [0.717, 1.165) is 5.56 Å². The number of hydrogen-bond donors (Lipinski definition) is 1. The van der Waals surface area contributed by atoms with Gasteiger partial charge in [0.2, 0.25) is 0 Å². The molecule has 0 spiro atoms. The molecule has 21 heavy (non-hydrogen) atoms. The molecule has 0 radical (unpaired) electrons. The van der Waals surface area contributed by atoms with Crippen molar-refractivity contribution in [2.45, 2.75) is 9.96 Å². The summed E-state index contributed by atoms with van der Waals surface area (Å²) in [5.41, 5.74) is 1.46. The molecule has 0 aliphatic carbocycles. The van der Waals surface area contributed by atoms with Crippen LogP contribution in [0.1, 0.15) is 11.1 Å². The fourth-order valence-electron chi connectivity index (χ4n) is 1.70. The van der Waals surface area contributed by atoms with Gasteiger partial charge >= 0.3 is 0 Å². The number of carbonyl (C=O) groups is 1. The highest BCUT2D eigenvalue weighted by molar-refractivity contribution is 7.92. The van der Waals surface area contributed by atoms with Crippen LogP contribution in [0.5, 0.6) is 0 Å². The Bertz CT molecular complexity index is 726. The predicted molar refractivity (Wildman–Crippen MR) is 82.8 cm³/mol. The zero-order valence-electron chi connectivity index (χ0n) is 11.1. The maximum Gasteiger partial charge on any atom is 0.191 e. The molecule has 1 aromatic heterocycles. The minimum Gasteiger partial charge on any atom is -0.388 e. The van der Waals surface area contributed by atoms with Gasteiger partial charge in [-0.25, -0.2) is 8.42 Å². The number of aliphatic hydroxyl groups excluding tert-OH is 1. The van der Waals surface area contributed by atoms with E-state index in [4.69, 9.17) is 5.11 Å². The van der Waals surface area contributed by atoms with Gasteiger partial charge in [-0.3, -0.25) is 4.79 Å². The van der Waals surface area contributed by atoms with Crippen LogP contribution in [0.4, 0.5) is 0 Å². The number of hydrogen-bond acceptors (Lipinski definition) is 5.